The maximum absolute atomic E-state index is 15.6. The van der Waals surface area contributed by atoms with Crippen LogP contribution in [0.25, 0.3) is 10.9 Å². The van der Waals surface area contributed by atoms with Crippen molar-refractivity contribution in [2.24, 2.45) is 0 Å². The Morgan fingerprint density at radius 3 is 1.75 bits per heavy atom. The number of pyridine rings is 1. The third-order valence-electron chi connectivity index (χ3n) is 9.40. The number of fused-ring (bicyclic) bond motifs is 1. The number of aliphatic carboxylic acids is 1. The molecule has 2 heterocycles. The average Bonchev–Trinajstić information content (AvgIpc) is 3.87. The molecule has 0 spiro atoms. The Hall–Kier alpha value is -3.21. The zero-order valence-electron chi connectivity index (χ0n) is 29.3. The maximum Gasteiger partial charge on any atom is 0.341 e. The second-order valence-corrected chi connectivity index (χ2v) is 13.9. The van der Waals surface area contributed by atoms with Crippen LogP contribution in [0.1, 0.15) is 153 Å². The normalized spacial score (nSPS) is 17.7. The minimum absolute atomic E-state index is 0.0134. The zero-order valence-corrected chi connectivity index (χ0v) is 29.3. The van der Waals surface area contributed by atoms with Crippen molar-refractivity contribution in [3.05, 3.63) is 33.6 Å². The van der Waals surface area contributed by atoms with Gasteiger partial charge in [0.15, 0.2) is 11.6 Å². The van der Waals surface area contributed by atoms with E-state index in [0.717, 1.165) is 31.9 Å². The number of aromatic carboxylic acids is 1. The lowest BCUT2D eigenvalue weighted by atomic mass is 10.0. The van der Waals surface area contributed by atoms with E-state index in [2.05, 4.69) is 12.2 Å². The predicted octanol–water partition coefficient (Wildman–Crippen LogP) is 8.41. The van der Waals surface area contributed by atoms with Gasteiger partial charge in [0.05, 0.1) is 16.6 Å². The molecule has 1 aromatic carbocycles. The second-order valence-electron chi connectivity index (χ2n) is 13.9. The first-order valence-electron chi connectivity index (χ1n) is 18.3. The molecule has 4 rings (SSSR count). The monoisotopic (exact) mass is 676 g/mol. The lowest BCUT2D eigenvalue weighted by Gasteiger charge is -2.38. The van der Waals surface area contributed by atoms with E-state index in [0.29, 0.717) is 19.5 Å². The van der Waals surface area contributed by atoms with Crippen molar-refractivity contribution >= 4 is 34.2 Å². The van der Waals surface area contributed by atoms with Crippen molar-refractivity contribution in [3.63, 3.8) is 0 Å². The van der Waals surface area contributed by atoms with E-state index in [1.54, 1.807) is 4.90 Å². The van der Waals surface area contributed by atoms with E-state index in [4.69, 9.17) is 10.8 Å². The van der Waals surface area contributed by atoms with Gasteiger partial charge in [-0.2, -0.15) is 0 Å². The third kappa shape index (κ3) is 11.4. The fourth-order valence-corrected chi connectivity index (χ4v) is 6.78. The number of hydrogen-bond donors (Lipinski definition) is 4. The summed E-state index contributed by atoms with van der Waals surface area (Å²) >= 11 is 0. The van der Waals surface area contributed by atoms with Crippen LogP contribution in [0.15, 0.2) is 11.0 Å². The topological polar surface area (TPSA) is 138 Å². The molecule has 270 valence electrons. The van der Waals surface area contributed by atoms with Gasteiger partial charge in [-0.15, -0.1) is 0 Å². The highest BCUT2D eigenvalue weighted by Gasteiger charge is 2.34. The van der Waals surface area contributed by atoms with E-state index in [1.165, 1.54) is 88.0 Å². The number of nitrogen functional groups attached to an aromatic ring is 1. The highest BCUT2D eigenvalue weighted by atomic mass is 19.1. The molecule has 9 nitrogen and oxygen atoms in total. The van der Waals surface area contributed by atoms with Gasteiger partial charge in [0, 0.05) is 43.8 Å². The number of carboxylic acids is 2. The summed E-state index contributed by atoms with van der Waals surface area (Å²) in [6.07, 6.45) is 22.8. The number of nitrogens with zero attached hydrogens (tertiary/aromatic N) is 2. The largest absolute Gasteiger partial charge is 0.481 e. The summed E-state index contributed by atoms with van der Waals surface area (Å²) in [4.78, 5) is 36.1. The van der Waals surface area contributed by atoms with Crippen molar-refractivity contribution in [3.8, 4) is 0 Å². The van der Waals surface area contributed by atoms with Gasteiger partial charge < -0.3 is 30.7 Å². The highest BCUT2D eigenvalue weighted by Crippen LogP contribution is 2.41. The Morgan fingerprint density at radius 1 is 0.833 bits per heavy atom. The third-order valence-corrected chi connectivity index (χ3v) is 9.40. The van der Waals surface area contributed by atoms with Gasteiger partial charge in [-0.25, -0.2) is 13.6 Å². The first kappa shape index (κ1) is 39.2. The summed E-state index contributed by atoms with van der Waals surface area (Å²) in [6.45, 7) is 6.87. The number of nitrogens with two attached hydrogens (primary N) is 1. The number of unbranched alkanes of at least 4 members (excludes halogenated alkanes) is 14. The minimum Gasteiger partial charge on any atom is -0.481 e. The van der Waals surface area contributed by atoms with E-state index in [-0.39, 0.29) is 29.3 Å². The van der Waals surface area contributed by atoms with Crippen LogP contribution in [0.3, 0.4) is 0 Å². The predicted molar refractivity (Wildman–Crippen MR) is 189 cm³/mol. The van der Waals surface area contributed by atoms with E-state index < -0.39 is 45.6 Å². The van der Waals surface area contributed by atoms with Crippen molar-refractivity contribution in [1.82, 2.24) is 9.88 Å². The lowest BCUT2D eigenvalue weighted by Crippen LogP contribution is -2.54. The summed E-state index contributed by atoms with van der Waals surface area (Å²) in [5.41, 5.74) is 3.54. The number of nitrogens with one attached hydrogen (secondary N) is 1. The Labute approximate surface area is 284 Å². The van der Waals surface area contributed by atoms with Crippen molar-refractivity contribution < 1.29 is 28.6 Å². The SMILES string of the molecule is CCCCCCCCCCCCCCCCCC(=O)O.C[C@@H]1CN(c2c(F)c(N)c3c(=O)c(C(=O)O)cn(C4CC4)c3c2F)C[C@H](C)N1. The molecule has 1 aliphatic heterocycles. The first-order valence-corrected chi connectivity index (χ1v) is 18.3. The van der Waals surface area contributed by atoms with Crippen LogP contribution >= 0.6 is 0 Å². The smallest absolute Gasteiger partial charge is 0.341 e. The van der Waals surface area contributed by atoms with Crippen LogP contribution in [0.2, 0.25) is 0 Å². The van der Waals surface area contributed by atoms with Crippen molar-refractivity contribution in [1.29, 1.82) is 0 Å². The Balaban J connectivity index is 0.000000279. The summed E-state index contributed by atoms with van der Waals surface area (Å²) in [5.74, 6) is -3.99. The molecule has 1 saturated carbocycles. The molecule has 2 atom stereocenters. The van der Waals surface area contributed by atoms with Crippen LogP contribution in [0.5, 0.6) is 0 Å². The van der Waals surface area contributed by atoms with Gasteiger partial charge in [-0.3, -0.25) is 9.59 Å². The fourth-order valence-electron chi connectivity index (χ4n) is 6.78. The highest BCUT2D eigenvalue weighted by molar-refractivity contribution is 5.99. The van der Waals surface area contributed by atoms with Gasteiger partial charge in [0.1, 0.15) is 11.3 Å². The number of hydrogen-bond acceptors (Lipinski definition) is 6. The summed E-state index contributed by atoms with van der Waals surface area (Å²) in [7, 11) is 0. The van der Waals surface area contributed by atoms with Gasteiger partial charge in [0.25, 0.3) is 0 Å². The molecule has 2 aromatic rings. The van der Waals surface area contributed by atoms with Gasteiger partial charge in [0.2, 0.25) is 5.43 Å². The average molecular weight is 677 g/mol. The molecule has 2 fully saturated rings. The molecular formula is C37H58F2N4O5. The summed E-state index contributed by atoms with van der Waals surface area (Å²) < 4.78 is 32.2. The number of aromatic nitrogens is 1. The number of rotatable bonds is 19. The molecule has 0 bridgehead atoms. The maximum atomic E-state index is 15.6. The van der Waals surface area contributed by atoms with Gasteiger partial charge in [-0.05, 0) is 33.1 Å². The second kappa shape index (κ2) is 19.7. The lowest BCUT2D eigenvalue weighted by molar-refractivity contribution is -0.137. The van der Waals surface area contributed by atoms with Crippen molar-refractivity contribution in [2.45, 2.75) is 154 Å². The van der Waals surface area contributed by atoms with Crippen LogP contribution in [0.4, 0.5) is 20.2 Å². The molecule has 2 aliphatic rings. The van der Waals surface area contributed by atoms with Crippen LogP contribution in [-0.2, 0) is 4.79 Å². The number of piperazine rings is 1. The molecule has 1 aromatic heterocycles. The number of benzene rings is 1. The van der Waals surface area contributed by atoms with Crippen molar-refractivity contribution in [2.75, 3.05) is 23.7 Å². The molecule has 0 unspecified atom stereocenters. The Kier molecular flexibility index (Phi) is 16.1. The number of halogens is 2. The first-order chi connectivity index (χ1) is 23.0. The van der Waals surface area contributed by atoms with E-state index >= 15 is 8.78 Å². The number of carbonyl (C=O) groups is 2. The molecular weight excluding hydrogens is 618 g/mol. The van der Waals surface area contributed by atoms with Gasteiger partial charge in [-0.1, -0.05) is 96.8 Å². The van der Waals surface area contributed by atoms with E-state index in [9.17, 15) is 19.5 Å². The fraction of sp³-hybridized carbons (Fsp3) is 0.703. The summed E-state index contributed by atoms with van der Waals surface area (Å²) in [6, 6.07) is -0.103. The molecule has 1 aliphatic carbocycles. The molecule has 48 heavy (non-hydrogen) atoms. The molecule has 0 radical (unpaired) electrons. The standard InChI is InChI=1S/C19H22F2N4O3.C18H36O2/c1-8-5-24(6-9(2)23-8)17-13(20)15(22)12-16(14(17)21)25(10-3-4-10)7-11(18(12)26)19(27)28;1-2-3-4-5-6-7-8-9-10-11-12-13-14-15-16-17-18(19)20/h7-10,23H,3-6,22H2,1-2H3,(H,27,28);2-17H2,1H3,(H,19,20)/t8-,9+;. The van der Waals surface area contributed by atoms with Crippen LogP contribution in [0, 0.1) is 11.6 Å². The quantitative estimate of drug-likeness (QED) is 0.0860. The Morgan fingerprint density at radius 2 is 1.31 bits per heavy atom. The minimum atomic E-state index is -1.45. The van der Waals surface area contributed by atoms with E-state index in [1.807, 2.05) is 13.8 Å². The molecule has 11 heteroatoms. The number of anilines is 2. The Bertz CT molecular complexity index is 1400. The molecule has 0 amide bonds. The molecule has 5 N–H and O–H groups in total. The zero-order chi connectivity index (χ0) is 35.2. The van der Waals surface area contributed by atoms with Gasteiger partial charge >= 0.3 is 11.9 Å². The van der Waals surface area contributed by atoms with Crippen LogP contribution in [-0.4, -0.2) is 51.9 Å². The summed E-state index contributed by atoms with van der Waals surface area (Å²) in [5, 5.41) is 20.8. The van der Waals surface area contributed by atoms with Crippen LogP contribution < -0.4 is 21.4 Å². The molecule has 1 saturated heterocycles. The number of carboxylic acid groups (broad SMARTS) is 2.